The van der Waals surface area contributed by atoms with Crippen LogP contribution in [-0.4, -0.2) is 31.4 Å². The van der Waals surface area contributed by atoms with Crippen LogP contribution in [0.1, 0.15) is 18.4 Å². The zero-order valence-electron chi connectivity index (χ0n) is 10.4. The van der Waals surface area contributed by atoms with E-state index in [1.54, 1.807) is 18.0 Å². The van der Waals surface area contributed by atoms with Gasteiger partial charge in [0.2, 0.25) is 5.91 Å². The Labute approximate surface area is 102 Å². The van der Waals surface area contributed by atoms with Gasteiger partial charge in [-0.1, -0.05) is 12.1 Å². The van der Waals surface area contributed by atoms with Gasteiger partial charge in [0.25, 0.3) is 0 Å². The van der Waals surface area contributed by atoms with Gasteiger partial charge in [0.05, 0.1) is 0 Å². The van der Waals surface area contributed by atoms with Crippen LogP contribution in [-0.2, 0) is 11.3 Å². The van der Waals surface area contributed by atoms with Crippen molar-refractivity contribution in [1.29, 1.82) is 0 Å². The van der Waals surface area contributed by atoms with E-state index >= 15 is 0 Å². The summed E-state index contributed by atoms with van der Waals surface area (Å²) in [5.74, 6) is -0.178. The van der Waals surface area contributed by atoms with Crippen LogP contribution in [0.3, 0.4) is 0 Å². The van der Waals surface area contributed by atoms with E-state index in [0.29, 0.717) is 13.0 Å². The molecule has 0 saturated heterocycles. The number of hydrogen-bond acceptors (Lipinski definition) is 2. The third-order valence-electron chi connectivity index (χ3n) is 2.55. The number of benzene rings is 1. The Morgan fingerprint density at radius 1 is 1.47 bits per heavy atom. The third kappa shape index (κ3) is 4.95. The molecule has 1 N–H and O–H groups in total. The molecule has 94 valence electrons. The van der Waals surface area contributed by atoms with Crippen LogP contribution >= 0.6 is 0 Å². The molecule has 0 bridgehead atoms. The summed E-state index contributed by atoms with van der Waals surface area (Å²) in [5.41, 5.74) is 0.814. The van der Waals surface area contributed by atoms with Crippen molar-refractivity contribution in [3.05, 3.63) is 35.6 Å². The van der Waals surface area contributed by atoms with Gasteiger partial charge in [0, 0.05) is 20.0 Å². The van der Waals surface area contributed by atoms with Gasteiger partial charge in [-0.25, -0.2) is 4.39 Å². The zero-order valence-corrected chi connectivity index (χ0v) is 10.4. The maximum atomic E-state index is 13.0. The minimum Gasteiger partial charge on any atom is -0.341 e. The first-order valence-corrected chi connectivity index (χ1v) is 5.76. The first-order valence-electron chi connectivity index (χ1n) is 5.76. The van der Waals surface area contributed by atoms with Gasteiger partial charge in [-0.3, -0.25) is 4.79 Å². The second-order valence-electron chi connectivity index (χ2n) is 4.09. The van der Waals surface area contributed by atoms with Gasteiger partial charge >= 0.3 is 0 Å². The smallest absolute Gasteiger partial charge is 0.222 e. The molecule has 0 heterocycles. The molecule has 1 aromatic rings. The monoisotopic (exact) mass is 238 g/mol. The Balaban J connectivity index is 2.43. The van der Waals surface area contributed by atoms with Crippen LogP contribution in [0.2, 0.25) is 0 Å². The number of nitrogens with zero attached hydrogens (tertiary/aromatic N) is 1. The predicted molar refractivity (Wildman–Crippen MR) is 66.0 cm³/mol. The lowest BCUT2D eigenvalue weighted by atomic mass is 10.2. The third-order valence-corrected chi connectivity index (χ3v) is 2.55. The molecule has 0 aliphatic rings. The van der Waals surface area contributed by atoms with E-state index in [-0.39, 0.29) is 11.7 Å². The van der Waals surface area contributed by atoms with Crippen molar-refractivity contribution < 1.29 is 9.18 Å². The summed E-state index contributed by atoms with van der Waals surface area (Å²) in [6.45, 7) is 1.29. The molecule has 0 spiro atoms. The minimum atomic E-state index is -0.265. The van der Waals surface area contributed by atoms with Gasteiger partial charge in [0.15, 0.2) is 0 Å². The fraction of sp³-hybridized carbons (Fsp3) is 0.462. The van der Waals surface area contributed by atoms with E-state index in [4.69, 9.17) is 0 Å². The molecule has 17 heavy (non-hydrogen) atoms. The summed E-state index contributed by atoms with van der Waals surface area (Å²) < 4.78 is 13.0. The topological polar surface area (TPSA) is 32.3 Å². The van der Waals surface area contributed by atoms with Crippen LogP contribution in [0.15, 0.2) is 24.3 Å². The Bertz CT molecular complexity index is 368. The van der Waals surface area contributed by atoms with Gasteiger partial charge in [0.1, 0.15) is 5.82 Å². The lowest BCUT2D eigenvalue weighted by molar-refractivity contribution is -0.130. The summed E-state index contributed by atoms with van der Waals surface area (Å²) in [4.78, 5) is 13.3. The van der Waals surface area contributed by atoms with Gasteiger partial charge in [-0.05, 0) is 37.7 Å². The standard InChI is InChI=1S/C13H19FN2O/c1-15-8-4-7-13(17)16(2)10-11-5-3-6-12(14)9-11/h3,5-6,9,15H,4,7-8,10H2,1-2H3. The molecular weight excluding hydrogens is 219 g/mol. The van der Waals surface area contributed by atoms with Crippen LogP contribution in [0.5, 0.6) is 0 Å². The van der Waals surface area contributed by atoms with E-state index in [0.717, 1.165) is 18.5 Å². The van der Waals surface area contributed by atoms with Crippen molar-refractivity contribution in [2.45, 2.75) is 19.4 Å². The molecule has 0 saturated carbocycles. The average Bonchev–Trinajstić information content (AvgIpc) is 2.29. The van der Waals surface area contributed by atoms with Crippen LogP contribution in [0.25, 0.3) is 0 Å². The molecule has 0 aliphatic heterocycles. The van der Waals surface area contributed by atoms with Crippen molar-refractivity contribution in [3.8, 4) is 0 Å². The van der Waals surface area contributed by atoms with Crippen molar-refractivity contribution in [1.82, 2.24) is 10.2 Å². The van der Waals surface area contributed by atoms with Crippen molar-refractivity contribution in [2.24, 2.45) is 0 Å². The Kier molecular flexibility index (Phi) is 5.63. The lowest BCUT2D eigenvalue weighted by Gasteiger charge is -2.17. The largest absolute Gasteiger partial charge is 0.341 e. The summed E-state index contributed by atoms with van der Waals surface area (Å²) >= 11 is 0. The van der Waals surface area contributed by atoms with E-state index in [9.17, 15) is 9.18 Å². The average molecular weight is 238 g/mol. The second kappa shape index (κ2) is 7.01. The molecule has 0 atom stereocenters. The lowest BCUT2D eigenvalue weighted by Crippen LogP contribution is -2.26. The van der Waals surface area contributed by atoms with Gasteiger partial charge in [-0.15, -0.1) is 0 Å². The highest BCUT2D eigenvalue weighted by atomic mass is 19.1. The van der Waals surface area contributed by atoms with Crippen LogP contribution in [0.4, 0.5) is 4.39 Å². The number of rotatable bonds is 6. The number of carbonyl (C=O) groups excluding carboxylic acids is 1. The Hall–Kier alpha value is -1.42. The quantitative estimate of drug-likeness (QED) is 0.766. The van der Waals surface area contributed by atoms with Crippen LogP contribution < -0.4 is 5.32 Å². The summed E-state index contributed by atoms with van der Waals surface area (Å²) in [5, 5.41) is 3.00. The molecule has 1 aromatic carbocycles. The maximum Gasteiger partial charge on any atom is 0.222 e. The van der Waals surface area contributed by atoms with E-state index in [1.807, 2.05) is 13.1 Å². The van der Waals surface area contributed by atoms with Crippen LogP contribution in [0, 0.1) is 5.82 Å². The molecule has 0 aromatic heterocycles. The van der Waals surface area contributed by atoms with E-state index in [2.05, 4.69) is 5.32 Å². The van der Waals surface area contributed by atoms with E-state index in [1.165, 1.54) is 12.1 Å². The van der Waals surface area contributed by atoms with Crippen molar-refractivity contribution >= 4 is 5.91 Å². The molecule has 0 fully saturated rings. The predicted octanol–water partition coefficient (Wildman–Crippen LogP) is 1.78. The van der Waals surface area contributed by atoms with Crippen molar-refractivity contribution in [2.75, 3.05) is 20.6 Å². The van der Waals surface area contributed by atoms with Crippen molar-refractivity contribution in [3.63, 3.8) is 0 Å². The number of hydrogen-bond donors (Lipinski definition) is 1. The summed E-state index contributed by atoms with van der Waals surface area (Å²) in [6.07, 6.45) is 1.34. The minimum absolute atomic E-state index is 0.0875. The highest BCUT2D eigenvalue weighted by Gasteiger charge is 2.08. The molecule has 3 nitrogen and oxygen atoms in total. The number of halogens is 1. The fourth-order valence-electron chi connectivity index (χ4n) is 1.60. The van der Waals surface area contributed by atoms with Gasteiger partial charge in [-0.2, -0.15) is 0 Å². The van der Waals surface area contributed by atoms with Gasteiger partial charge < -0.3 is 10.2 Å². The molecule has 1 amide bonds. The number of amides is 1. The number of nitrogens with one attached hydrogen (secondary N) is 1. The highest BCUT2D eigenvalue weighted by molar-refractivity contribution is 5.75. The molecule has 0 aliphatic carbocycles. The summed E-state index contributed by atoms with van der Waals surface area (Å²) in [6, 6.07) is 6.33. The zero-order chi connectivity index (χ0) is 12.7. The Morgan fingerprint density at radius 3 is 2.88 bits per heavy atom. The first-order chi connectivity index (χ1) is 8.13. The normalized spacial score (nSPS) is 10.3. The molecule has 4 heteroatoms. The fourth-order valence-corrected chi connectivity index (χ4v) is 1.60. The molecule has 0 unspecified atom stereocenters. The maximum absolute atomic E-state index is 13.0. The Morgan fingerprint density at radius 2 is 2.24 bits per heavy atom. The SMILES string of the molecule is CNCCCC(=O)N(C)Cc1cccc(F)c1. The molecule has 1 rings (SSSR count). The first kappa shape index (κ1) is 13.6. The van der Waals surface area contributed by atoms with E-state index < -0.39 is 0 Å². The molecule has 0 radical (unpaired) electrons. The second-order valence-corrected chi connectivity index (χ2v) is 4.09. The summed E-state index contributed by atoms with van der Waals surface area (Å²) in [7, 11) is 3.60. The highest BCUT2D eigenvalue weighted by Crippen LogP contribution is 2.07. The molecular formula is C13H19FN2O. The number of carbonyl (C=O) groups is 1.